The molecule has 3 nitrogen and oxygen atoms in total. The Bertz CT molecular complexity index is 419. The normalized spacial score (nSPS) is 26.1. The fraction of sp³-hybridized carbons (Fsp3) is 0.571. The molecular formula is C14H19O3SY-. The van der Waals surface area contributed by atoms with Crippen molar-refractivity contribution < 1.29 is 47.7 Å². The molecule has 3 atom stereocenters. The number of aliphatic hydroxyl groups is 1. The average molecular weight is 356 g/mol. The molecule has 2 rings (SSSR count). The number of thiophene rings is 1. The maximum Gasteiger partial charge on any atom is 0.345 e. The van der Waals surface area contributed by atoms with E-state index < -0.39 is 5.97 Å². The van der Waals surface area contributed by atoms with Crippen LogP contribution in [0.3, 0.4) is 0 Å². The van der Waals surface area contributed by atoms with Gasteiger partial charge in [-0.05, 0) is 24.5 Å². The summed E-state index contributed by atoms with van der Waals surface area (Å²) in [6.07, 6.45) is 5.94. The van der Waals surface area contributed by atoms with E-state index in [0.717, 1.165) is 30.6 Å². The van der Waals surface area contributed by atoms with Gasteiger partial charge < -0.3 is 16.6 Å². The van der Waals surface area contributed by atoms with Gasteiger partial charge in [0.05, 0.1) is 0 Å². The summed E-state index contributed by atoms with van der Waals surface area (Å²) in [5.41, 5.74) is 0. The maximum absolute atomic E-state index is 10.8. The minimum absolute atomic E-state index is 0. The van der Waals surface area contributed by atoms with E-state index in [2.05, 4.69) is 13.3 Å². The quantitative estimate of drug-likeness (QED) is 0.798. The second kappa shape index (κ2) is 7.87. The number of aryl methyl sites for hydroxylation is 1. The van der Waals surface area contributed by atoms with Crippen molar-refractivity contribution in [2.75, 3.05) is 0 Å². The summed E-state index contributed by atoms with van der Waals surface area (Å²) in [4.78, 5) is 12.3. The first-order valence-electron chi connectivity index (χ1n) is 6.41. The smallest absolute Gasteiger partial charge is 0.345 e. The van der Waals surface area contributed by atoms with Crippen molar-refractivity contribution in [1.29, 1.82) is 0 Å². The molecule has 1 fully saturated rings. The second-order valence-corrected chi connectivity index (χ2v) is 6.19. The summed E-state index contributed by atoms with van der Waals surface area (Å²) in [5, 5.41) is 18.5. The number of hydrogen-bond acceptors (Lipinski definition) is 3. The van der Waals surface area contributed by atoms with Gasteiger partial charge in [0.25, 0.3) is 0 Å². The van der Waals surface area contributed by atoms with Crippen LogP contribution in [0.4, 0.5) is 0 Å². The van der Waals surface area contributed by atoms with Gasteiger partial charge in [-0.15, -0.1) is 11.3 Å². The molecule has 0 bridgehead atoms. The third kappa shape index (κ3) is 4.62. The van der Waals surface area contributed by atoms with Crippen LogP contribution in [-0.4, -0.2) is 22.3 Å². The van der Waals surface area contributed by atoms with Gasteiger partial charge in [-0.1, -0.05) is 19.8 Å². The molecule has 1 heterocycles. The molecular weight excluding hydrogens is 337 g/mol. The molecule has 3 unspecified atom stereocenters. The predicted octanol–water partition coefficient (Wildman–Crippen LogP) is 2.99. The van der Waals surface area contributed by atoms with E-state index in [1.54, 1.807) is 6.07 Å². The molecule has 0 spiro atoms. The van der Waals surface area contributed by atoms with Gasteiger partial charge in [0.2, 0.25) is 0 Å². The van der Waals surface area contributed by atoms with Crippen LogP contribution >= 0.6 is 11.3 Å². The van der Waals surface area contributed by atoms with Crippen molar-refractivity contribution in [1.82, 2.24) is 0 Å². The minimum atomic E-state index is -0.841. The van der Waals surface area contributed by atoms with Gasteiger partial charge in [-0.3, -0.25) is 0 Å². The van der Waals surface area contributed by atoms with E-state index in [1.807, 2.05) is 6.07 Å². The van der Waals surface area contributed by atoms with Gasteiger partial charge in [0, 0.05) is 43.7 Å². The number of hydrogen-bond donors (Lipinski definition) is 2. The Labute approximate surface area is 143 Å². The number of aliphatic hydroxyl groups excluding tert-OH is 1. The van der Waals surface area contributed by atoms with Crippen LogP contribution in [0.5, 0.6) is 0 Å². The first kappa shape index (κ1) is 17.3. The molecule has 2 N–H and O–H groups in total. The third-order valence-corrected chi connectivity index (χ3v) is 4.93. The van der Waals surface area contributed by atoms with Crippen molar-refractivity contribution >= 4 is 17.3 Å². The average Bonchev–Trinajstić information content (AvgIpc) is 2.91. The van der Waals surface area contributed by atoms with Crippen LogP contribution in [0.2, 0.25) is 0 Å². The molecule has 1 aliphatic rings. The molecule has 1 saturated carbocycles. The van der Waals surface area contributed by atoms with E-state index in [4.69, 9.17) is 5.11 Å². The number of carboxylic acids is 1. The Hall–Kier alpha value is 0.234. The van der Waals surface area contributed by atoms with Crippen LogP contribution in [0.25, 0.3) is 0 Å². The molecule has 0 saturated heterocycles. The zero-order valence-electron chi connectivity index (χ0n) is 11.1. The van der Waals surface area contributed by atoms with Crippen LogP contribution in [0, 0.1) is 18.3 Å². The number of carboxylic acid groups (broad SMARTS) is 1. The predicted molar refractivity (Wildman–Crippen MR) is 71.8 cm³/mol. The molecule has 0 aromatic carbocycles. The molecule has 1 aliphatic carbocycles. The van der Waals surface area contributed by atoms with E-state index in [9.17, 15) is 9.90 Å². The summed E-state index contributed by atoms with van der Waals surface area (Å²) >= 11 is 1.37. The van der Waals surface area contributed by atoms with E-state index in [-0.39, 0.29) is 38.8 Å². The fourth-order valence-corrected chi connectivity index (χ4v) is 3.44. The van der Waals surface area contributed by atoms with Crippen molar-refractivity contribution in [3.63, 3.8) is 0 Å². The number of aromatic carboxylic acids is 1. The molecule has 19 heavy (non-hydrogen) atoms. The summed E-state index contributed by atoms with van der Waals surface area (Å²) in [6, 6.07) is 3.58. The van der Waals surface area contributed by atoms with E-state index in [0.29, 0.717) is 16.7 Å². The molecule has 1 aromatic rings. The zero-order chi connectivity index (χ0) is 13.1. The monoisotopic (exact) mass is 356 g/mol. The van der Waals surface area contributed by atoms with E-state index in [1.165, 1.54) is 11.3 Å². The molecule has 5 heteroatoms. The van der Waals surface area contributed by atoms with Crippen molar-refractivity contribution in [3.8, 4) is 0 Å². The first-order chi connectivity index (χ1) is 8.58. The summed E-state index contributed by atoms with van der Waals surface area (Å²) < 4.78 is 0. The Morgan fingerprint density at radius 3 is 2.79 bits per heavy atom. The molecule has 0 amide bonds. The Morgan fingerprint density at radius 2 is 2.26 bits per heavy atom. The molecule has 1 aromatic heterocycles. The van der Waals surface area contributed by atoms with Gasteiger partial charge >= 0.3 is 5.97 Å². The van der Waals surface area contributed by atoms with Gasteiger partial charge in [-0.2, -0.15) is 12.3 Å². The maximum atomic E-state index is 10.8. The zero-order valence-corrected chi connectivity index (χ0v) is 14.7. The summed E-state index contributed by atoms with van der Waals surface area (Å²) in [6.45, 7) is 2.10. The van der Waals surface area contributed by atoms with Gasteiger partial charge in [-0.25, -0.2) is 4.79 Å². The summed E-state index contributed by atoms with van der Waals surface area (Å²) in [5.74, 6) is 0.0361. The van der Waals surface area contributed by atoms with Crippen LogP contribution in [0.15, 0.2) is 12.1 Å². The van der Waals surface area contributed by atoms with Crippen molar-refractivity contribution in [2.24, 2.45) is 11.8 Å². The van der Waals surface area contributed by atoms with Crippen molar-refractivity contribution in [3.05, 3.63) is 28.3 Å². The Kier molecular flexibility index (Phi) is 7.16. The van der Waals surface area contributed by atoms with Gasteiger partial charge in [0.15, 0.2) is 0 Å². The van der Waals surface area contributed by atoms with E-state index >= 15 is 0 Å². The third-order valence-electron chi connectivity index (χ3n) is 3.80. The molecule has 0 aliphatic heterocycles. The van der Waals surface area contributed by atoms with Crippen LogP contribution in [-0.2, 0) is 39.1 Å². The largest absolute Gasteiger partial charge is 0.477 e. The number of carbonyl (C=O) groups is 1. The summed E-state index contributed by atoms with van der Waals surface area (Å²) in [7, 11) is 0. The van der Waals surface area contributed by atoms with Crippen molar-refractivity contribution in [2.45, 2.75) is 38.7 Å². The van der Waals surface area contributed by atoms with Gasteiger partial charge in [0.1, 0.15) is 4.88 Å². The standard InChI is InChI=1S/C14H19O3S.Y/c1-9-10(5-7-12(9)15)3-2-4-11-6-8-13(18-11)14(16)17;/h5-6,8-10,12,15H,2-4,7H2,1H3,(H,16,17);/q-1;. The second-order valence-electron chi connectivity index (χ2n) is 5.03. The van der Waals surface area contributed by atoms with Crippen LogP contribution in [0.1, 0.15) is 40.7 Å². The number of rotatable bonds is 5. The van der Waals surface area contributed by atoms with Crippen LogP contribution < -0.4 is 0 Å². The minimum Gasteiger partial charge on any atom is -0.477 e. The topological polar surface area (TPSA) is 57.5 Å². The molecule has 103 valence electrons. The SMILES string of the molecule is CC1C(O)C[CH-]C1CCCc1ccc(C(=O)O)s1.[Y]. The first-order valence-corrected chi connectivity index (χ1v) is 7.23. The Balaban J connectivity index is 0.00000180. The fourth-order valence-electron chi connectivity index (χ4n) is 2.55. The molecule has 1 radical (unpaired) electrons. The Morgan fingerprint density at radius 1 is 1.53 bits per heavy atom.